The minimum Gasteiger partial charge on any atom is -0.344 e. The predicted octanol–water partition coefficient (Wildman–Crippen LogP) is 1.77. The molecule has 0 unspecified atom stereocenters. The summed E-state index contributed by atoms with van der Waals surface area (Å²) in [6.45, 7) is 3.71. The van der Waals surface area contributed by atoms with Gasteiger partial charge in [0.1, 0.15) is 5.69 Å². The Morgan fingerprint density at radius 3 is 2.86 bits per heavy atom. The Morgan fingerprint density at radius 2 is 2.14 bits per heavy atom. The summed E-state index contributed by atoms with van der Waals surface area (Å²) in [6, 6.07) is 5.52. The quantitative estimate of drug-likeness (QED) is 0.904. The van der Waals surface area contributed by atoms with Crippen molar-refractivity contribution >= 4 is 17.5 Å². The summed E-state index contributed by atoms with van der Waals surface area (Å²) < 4.78 is 0. The summed E-state index contributed by atoms with van der Waals surface area (Å²) in [5.41, 5.74) is 3.80. The molecule has 22 heavy (non-hydrogen) atoms. The maximum absolute atomic E-state index is 12.1. The van der Waals surface area contributed by atoms with Gasteiger partial charge in [-0.1, -0.05) is 12.1 Å². The topological polar surface area (TPSA) is 84.0 Å². The van der Waals surface area contributed by atoms with Crippen LogP contribution in [0.5, 0.6) is 0 Å². The molecule has 2 N–H and O–H groups in total. The van der Waals surface area contributed by atoms with E-state index in [-0.39, 0.29) is 23.6 Å². The van der Waals surface area contributed by atoms with Gasteiger partial charge in [-0.05, 0) is 31.0 Å². The van der Waals surface area contributed by atoms with Crippen LogP contribution in [0.4, 0.5) is 5.69 Å². The number of fused-ring (bicyclic) bond motifs is 1. The van der Waals surface area contributed by atoms with E-state index < -0.39 is 0 Å². The van der Waals surface area contributed by atoms with E-state index >= 15 is 0 Å². The van der Waals surface area contributed by atoms with Gasteiger partial charge in [-0.25, -0.2) is 4.98 Å². The van der Waals surface area contributed by atoms with Crippen LogP contribution in [0.1, 0.15) is 40.3 Å². The first-order valence-electron chi connectivity index (χ1n) is 7.05. The highest BCUT2D eigenvalue weighted by atomic mass is 16.2. The molecule has 6 nitrogen and oxygen atoms in total. The highest BCUT2D eigenvalue weighted by Gasteiger charge is 2.19. The Labute approximate surface area is 128 Å². The van der Waals surface area contributed by atoms with E-state index in [1.807, 2.05) is 32.0 Å². The van der Waals surface area contributed by atoms with E-state index in [0.29, 0.717) is 6.42 Å². The number of benzene rings is 1. The van der Waals surface area contributed by atoms with Crippen LogP contribution in [0.25, 0.3) is 0 Å². The van der Waals surface area contributed by atoms with Crippen molar-refractivity contribution in [3.8, 4) is 0 Å². The number of anilines is 1. The van der Waals surface area contributed by atoms with Crippen molar-refractivity contribution in [1.29, 1.82) is 0 Å². The van der Waals surface area contributed by atoms with Gasteiger partial charge in [0.2, 0.25) is 5.91 Å². The monoisotopic (exact) mass is 296 g/mol. The smallest absolute Gasteiger partial charge is 0.271 e. The lowest BCUT2D eigenvalue weighted by Gasteiger charge is -2.15. The molecule has 1 aromatic heterocycles. The molecular weight excluding hydrogens is 280 g/mol. The van der Waals surface area contributed by atoms with Crippen LogP contribution in [-0.4, -0.2) is 21.8 Å². The van der Waals surface area contributed by atoms with Crippen LogP contribution < -0.4 is 10.6 Å². The van der Waals surface area contributed by atoms with E-state index in [4.69, 9.17) is 0 Å². The Balaban J connectivity index is 1.73. The van der Waals surface area contributed by atoms with Gasteiger partial charge < -0.3 is 10.6 Å². The number of hydrogen-bond donors (Lipinski definition) is 2. The first-order valence-corrected chi connectivity index (χ1v) is 7.05. The lowest BCUT2D eigenvalue weighted by molar-refractivity contribution is -0.115. The molecule has 112 valence electrons. The molecule has 1 aromatic carbocycles. The zero-order valence-corrected chi connectivity index (χ0v) is 12.4. The number of aromatic nitrogens is 2. The second kappa shape index (κ2) is 5.55. The van der Waals surface area contributed by atoms with Crippen LogP contribution in [0, 0.1) is 6.92 Å². The molecule has 0 bridgehead atoms. The average molecular weight is 296 g/mol. The zero-order chi connectivity index (χ0) is 15.7. The third-order valence-corrected chi connectivity index (χ3v) is 3.62. The van der Waals surface area contributed by atoms with Crippen molar-refractivity contribution < 1.29 is 9.59 Å². The molecule has 0 fully saturated rings. The Kier molecular flexibility index (Phi) is 3.58. The average Bonchev–Trinajstić information content (AvgIpc) is 2.86. The fourth-order valence-corrected chi connectivity index (χ4v) is 2.38. The first kappa shape index (κ1) is 14.2. The van der Waals surface area contributed by atoms with Crippen molar-refractivity contribution in [3.05, 3.63) is 53.1 Å². The van der Waals surface area contributed by atoms with E-state index in [2.05, 4.69) is 20.6 Å². The van der Waals surface area contributed by atoms with Crippen molar-refractivity contribution in [1.82, 2.24) is 15.3 Å². The number of amides is 2. The number of hydrogen-bond acceptors (Lipinski definition) is 4. The van der Waals surface area contributed by atoms with Gasteiger partial charge in [-0.3, -0.25) is 14.6 Å². The summed E-state index contributed by atoms with van der Waals surface area (Å²) >= 11 is 0. The van der Waals surface area contributed by atoms with Gasteiger partial charge in [0.25, 0.3) is 5.91 Å². The number of nitrogens with zero attached hydrogens (tertiary/aromatic N) is 2. The molecular formula is C16H16N4O2. The second-order valence-electron chi connectivity index (χ2n) is 5.38. The molecule has 2 heterocycles. The van der Waals surface area contributed by atoms with Crippen molar-refractivity contribution in [2.75, 3.05) is 5.32 Å². The first-order chi connectivity index (χ1) is 10.5. The van der Waals surface area contributed by atoms with Crippen LogP contribution in [-0.2, 0) is 11.2 Å². The molecule has 3 rings (SSSR count). The molecule has 6 heteroatoms. The number of aryl methyl sites for hydroxylation is 1. The fourth-order valence-electron chi connectivity index (χ4n) is 2.38. The van der Waals surface area contributed by atoms with Gasteiger partial charge in [-0.15, -0.1) is 0 Å². The van der Waals surface area contributed by atoms with E-state index in [0.717, 1.165) is 22.5 Å². The summed E-state index contributed by atoms with van der Waals surface area (Å²) in [5.74, 6) is -0.270. The zero-order valence-electron chi connectivity index (χ0n) is 12.4. The van der Waals surface area contributed by atoms with Gasteiger partial charge in [0.05, 0.1) is 24.4 Å². The number of carbonyl (C=O) groups is 2. The molecule has 0 aliphatic carbocycles. The highest BCUT2D eigenvalue weighted by molar-refractivity contribution is 5.99. The minimum absolute atomic E-state index is 0.00114. The predicted molar refractivity (Wildman–Crippen MR) is 81.4 cm³/mol. The van der Waals surface area contributed by atoms with Crippen LogP contribution in [0.2, 0.25) is 0 Å². The molecule has 0 radical (unpaired) electrons. The molecule has 1 aliphatic rings. The molecule has 0 spiro atoms. The van der Waals surface area contributed by atoms with Crippen LogP contribution >= 0.6 is 0 Å². The summed E-state index contributed by atoms with van der Waals surface area (Å²) in [5, 5.41) is 5.68. The van der Waals surface area contributed by atoms with Gasteiger partial charge >= 0.3 is 0 Å². The minimum atomic E-state index is -0.269. The molecule has 2 amide bonds. The molecule has 0 saturated heterocycles. The molecule has 1 atom stereocenters. The third-order valence-electron chi connectivity index (χ3n) is 3.62. The Morgan fingerprint density at radius 1 is 1.32 bits per heavy atom. The highest BCUT2D eigenvalue weighted by Crippen LogP contribution is 2.26. The summed E-state index contributed by atoms with van der Waals surface area (Å²) in [6.07, 6.45) is 3.40. The van der Waals surface area contributed by atoms with E-state index in [1.54, 1.807) is 6.20 Å². The van der Waals surface area contributed by atoms with Gasteiger partial charge in [0, 0.05) is 11.9 Å². The number of carbonyl (C=O) groups excluding carboxylic acids is 2. The second-order valence-corrected chi connectivity index (χ2v) is 5.38. The largest absolute Gasteiger partial charge is 0.344 e. The van der Waals surface area contributed by atoms with Gasteiger partial charge in [-0.2, -0.15) is 0 Å². The molecule has 1 aliphatic heterocycles. The van der Waals surface area contributed by atoms with Gasteiger partial charge in [0.15, 0.2) is 0 Å². The van der Waals surface area contributed by atoms with Crippen LogP contribution in [0.15, 0.2) is 30.6 Å². The number of nitrogens with one attached hydrogen (secondary N) is 2. The Bertz CT molecular complexity index is 740. The fraction of sp³-hybridized carbons (Fsp3) is 0.250. The summed E-state index contributed by atoms with van der Waals surface area (Å²) in [4.78, 5) is 31.7. The molecule has 2 aromatic rings. The van der Waals surface area contributed by atoms with E-state index in [1.165, 1.54) is 6.20 Å². The maximum atomic E-state index is 12.1. The van der Waals surface area contributed by atoms with Crippen molar-refractivity contribution in [2.45, 2.75) is 26.3 Å². The third kappa shape index (κ3) is 2.81. The SMILES string of the molecule is Cc1cnc(C(=O)N[C@@H](C)c2ccc3c(c2)CC(=O)N3)cn1. The Hall–Kier alpha value is -2.76. The maximum Gasteiger partial charge on any atom is 0.271 e. The lowest BCUT2D eigenvalue weighted by Crippen LogP contribution is -2.27. The van der Waals surface area contributed by atoms with Crippen LogP contribution in [0.3, 0.4) is 0 Å². The molecule has 0 saturated carbocycles. The normalized spacial score (nSPS) is 14.2. The van der Waals surface area contributed by atoms with Crippen molar-refractivity contribution in [3.63, 3.8) is 0 Å². The number of rotatable bonds is 3. The lowest BCUT2D eigenvalue weighted by atomic mass is 10.0. The van der Waals surface area contributed by atoms with E-state index in [9.17, 15) is 9.59 Å². The summed E-state index contributed by atoms with van der Waals surface area (Å²) in [7, 11) is 0. The van der Waals surface area contributed by atoms with Crippen molar-refractivity contribution in [2.24, 2.45) is 0 Å². The standard InChI is InChI=1S/C16H16N4O2/c1-9-7-18-14(8-17-9)16(22)19-10(2)11-3-4-13-12(5-11)6-15(21)20-13/h3-5,7-8,10H,6H2,1-2H3,(H,19,22)(H,20,21)/t10-/m0/s1.